The number of benzene rings is 2. The zero-order chi connectivity index (χ0) is 29.8. The molecule has 3 N–H and O–H groups in total. The van der Waals surface area contributed by atoms with Gasteiger partial charge in [0, 0.05) is 40.2 Å². The van der Waals surface area contributed by atoms with Gasteiger partial charge < -0.3 is 14.8 Å². The molecule has 1 atom stereocenters. The third-order valence-corrected chi connectivity index (χ3v) is 8.45. The van der Waals surface area contributed by atoms with Gasteiger partial charge in [0.1, 0.15) is 23.4 Å². The Morgan fingerprint density at radius 2 is 1.88 bits per heavy atom. The van der Waals surface area contributed by atoms with E-state index in [4.69, 9.17) is 4.42 Å². The van der Waals surface area contributed by atoms with Gasteiger partial charge in [-0.05, 0) is 98.7 Å². The van der Waals surface area contributed by atoms with Crippen LogP contribution in [0.1, 0.15) is 59.8 Å². The van der Waals surface area contributed by atoms with Crippen LogP contribution >= 0.6 is 0 Å². The van der Waals surface area contributed by atoms with Crippen molar-refractivity contribution in [1.29, 1.82) is 0 Å². The Morgan fingerprint density at radius 1 is 1.14 bits per heavy atom. The summed E-state index contributed by atoms with van der Waals surface area (Å²) in [7, 11) is 1.51. The standard InChI is InChI=1S/C31H28F5N3O3/c1-37-29(41)25-22-12-21(19-10-23(27(33)38-15-19)28(40)39-30-8-6-16(13-30)14-30)18(7-9-31(34,35)36)11-24(22)42-26(25)17-2-4-20(32)5-3-17/h2-5,10-12,15-16,29,37,41H,6-9,13-14H2,1H3,(H,39,40). The minimum Gasteiger partial charge on any atom is -0.456 e. The molecular formula is C31H28F5N3O3. The highest BCUT2D eigenvalue weighted by Gasteiger charge is 2.51. The number of rotatable bonds is 8. The molecule has 2 aromatic carbocycles. The number of pyridine rings is 1. The number of nitrogens with one attached hydrogen (secondary N) is 2. The summed E-state index contributed by atoms with van der Waals surface area (Å²) in [5.74, 6) is -1.30. The molecule has 1 unspecified atom stereocenters. The van der Waals surface area contributed by atoms with Gasteiger partial charge >= 0.3 is 6.18 Å². The molecule has 1 amide bonds. The highest BCUT2D eigenvalue weighted by molar-refractivity contribution is 5.97. The number of carbonyl (C=O) groups is 1. The van der Waals surface area contributed by atoms with Crippen LogP contribution in [0.15, 0.2) is 53.1 Å². The van der Waals surface area contributed by atoms with Gasteiger partial charge in [-0.15, -0.1) is 0 Å². The molecule has 42 heavy (non-hydrogen) atoms. The van der Waals surface area contributed by atoms with Crippen molar-refractivity contribution < 1.29 is 36.3 Å². The van der Waals surface area contributed by atoms with Crippen molar-refractivity contribution >= 4 is 16.9 Å². The quantitative estimate of drug-likeness (QED) is 0.120. The van der Waals surface area contributed by atoms with E-state index in [1.165, 1.54) is 49.6 Å². The maximum atomic E-state index is 14.8. The number of hydrogen-bond acceptors (Lipinski definition) is 5. The van der Waals surface area contributed by atoms with Crippen molar-refractivity contribution in [3.05, 3.63) is 77.1 Å². The predicted octanol–water partition coefficient (Wildman–Crippen LogP) is 6.82. The van der Waals surface area contributed by atoms with Gasteiger partial charge in [0.05, 0.1) is 5.56 Å². The number of amides is 1. The van der Waals surface area contributed by atoms with Gasteiger partial charge in [-0.1, -0.05) is 0 Å². The molecule has 3 fully saturated rings. The number of carbonyl (C=O) groups excluding carboxylic acids is 1. The van der Waals surface area contributed by atoms with Crippen molar-refractivity contribution in [3.63, 3.8) is 0 Å². The first-order chi connectivity index (χ1) is 19.9. The van der Waals surface area contributed by atoms with Gasteiger partial charge in [0.25, 0.3) is 5.91 Å². The monoisotopic (exact) mass is 585 g/mol. The summed E-state index contributed by atoms with van der Waals surface area (Å²) in [6.45, 7) is 0. The van der Waals surface area contributed by atoms with Crippen LogP contribution in [0.3, 0.4) is 0 Å². The van der Waals surface area contributed by atoms with Crippen LogP contribution in [0.2, 0.25) is 0 Å². The summed E-state index contributed by atoms with van der Waals surface area (Å²) in [4.78, 5) is 16.9. The lowest BCUT2D eigenvalue weighted by Gasteiger charge is -2.39. The first-order valence-corrected chi connectivity index (χ1v) is 13.7. The van der Waals surface area contributed by atoms with Crippen LogP contribution < -0.4 is 10.6 Å². The lowest BCUT2D eigenvalue weighted by Crippen LogP contribution is -2.52. The fraction of sp³-hybridized carbons (Fsp3) is 0.355. The van der Waals surface area contributed by atoms with E-state index < -0.39 is 42.9 Å². The first-order valence-electron chi connectivity index (χ1n) is 13.7. The van der Waals surface area contributed by atoms with E-state index in [1.54, 1.807) is 6.07 Å². The number of nitrogens with zero attached hydrogens (tertiary/aromatic N) is 1. The normalized spacial score (nSPS) is 20.5. The van der Waals surface area contributed by atoms with E-state index in [9.17, 15) is 31.9 Å². The summed E-state index contributed by atoms with van der Waals surface area (Å²) < 4.78 is 74.4. The van der Waals surface area contributed by atoms with Gasteiger partial charge in [0.2, 0.25) is 5.95 Å². The van der Waals surface area contributed by atoms with E-state index in [2.05, 4.69) is 15.6 Å². The number of fused-ring (bicyclic) bond motifs is 2. The second-order valence-electron chi connectivity index (χ2n) is 11.3. The SMILES string of the molecule is CNC(O)c1c(-c2ccc(F)cc2)oc2cc(CCC(F)(F)F)c(-c3cnc(F)c(C(=O)NC45CCC(C4)C5)c3)cc12. The van der Waals surface area contributed by atoms with Crippen LogP contribution in [0.4, 0.5) is 22.0 Å². The summed E-state index contributed by atoms with van der Waals surface area (Å²) >= 11 is 0. The number of furan rings is 1. The van der Waals surface area contributed by atoms with Crippen molar-refractivity contribution in [2.45, 2.75) is 56.5 Å². The Bertz CT molecular complexity index is 1650. The van der Waals surface area contributed by atoms with E-state index in [-0.39, 0.29) is 44.7 Å². The molecule has 4 aromatic rings. The van der Waals surface area contributed by atoms with Gasteiger partial charge in [-0.25, -0.2) is 9.37 Å². The number of hydrogen-bond donors (Lipinski definition) is 3. The Balaban J connectivity index is 1.48. The minimum absolute atomic E-state index is 0.201. The first kappa shape index (κ1) is 28.3. The maximum absolute atomic E-state index is 14.8. The number of aromatic nitrogens is 1. The molecule has 2 heterocycles. The van der Waals surface area contributed by atoms with Crippen LogP contribution in [0.25, 0.3) is 33.4 Å². The van der Waals surface area contributed by atoms with Crippen molar-refractivity contribution in [2.75, 3.05) is 7.05 Å². The molecule has 0 radical (unpaired) electrons. The molecule has 6 nitrogen and oxygen atoms in total. The molecular weight excluding hydrogens is 557 g/mol. The Labute approximate surface area is 237 Å². The molecule has 3 aliphatic carbocycles. The van der Waals surface area contributed by atoms with Crippen molar-refractivity contribution in [3.8, 4) is 22.5 Å². The lowest BCUT2D eigenvalue weighted by molar-refractivity contribution is -0.133. The topological polar surface area (TPSA) is 87.4 Å². The highest BCUT2D eigenvalue weighted by Crippen LogP contribution is 2.52. The summed E-state index contributed by atoms with van der Waals surface area (Å²) in [6, 6.07) is 9.68. The average Bonchev–Trinajstić information content (AvgIpc) is 3.64. The van der Waals surface area contributed by atoms with Gasteiger partial charge in [-0.3, -0.25) is 10.1 Å². The number of aliphatic hydroxyl groups is 1. The number of halogens is 5. The second kappa shape index (κ2) is 10.5. The molecule has 2 bridgehead atoms. The predicted molar refractivity (Wildman–Crippen MR) is 145 cm³/mol. The third kappa shape index (κ3) is 5.27. The molecule has 2 aromatic heterocycles. The fourth-order valence-corrected chi connectivity index (χ4v) is 6.35. The third-order valence-electron chi connectivity index (χ3n) is 8.45. The fourth-order valence-electron chi connectivity index (χ4n) is 6.35. The molecule has 0 spiro atoms. The molecule has 0 aliphatic heterocycles. The van der Waals surface area contributed by atoms with Gasteiger partial charge in [0.15, 0.2) is 0 Å². The Morgan fingerprint density at radius 3 is 2.52 bits per heavy atom. The Kier molecular flexibility index (Phi) is 7.05. The van der Waals surface area contributed by atoms with Crippen molar-refractivity contribution in [2.24, 2.45) is 5.92 Å². The van der Waals surface area contributed by atoms with E-state index in [0.29, 0.717) is 16.9 Å². The number of aryl methyl sites for hydroxylation is 1. The zero-order valence-corrected chi connectivity index (χ0v) is 22.6. The van der Waals surface area contributed by atoms with Crippen LogP contribution in [-0.2, 0) is 6.42 Å². The number of aliphatic hydroxyl groups excluding tert-OH is 1. The average molecular weight is 586 g/mol. The zero-order valence-electron chi connectivity index (χ0n) is 22.6. The highest BCUT2D eigenvalue weighted by atomic mass is 19.4. The molecule has 3 aliphatic rings. The number of alkyl halides is 3. The molecule has 0 saturated heterocycles. The van der Waals surface area contributed by atoms with E-state index in [1.807, 2.05) is 0 Å². The van der Waals surface area contributed by atoms with Gasteiger partial charge in [-0.2, -0.15) is 17.6 Å². The second-order valence-corrected chi connectivity index (χ2v) is 11.3. The summed E-state index contributed by atoms with van der Waals surface area (Å²) in [5, 5.41) is 16.9. The lowest BCUT2D eigenvalue weighted by atomic mass is 9.77. The molecule has 3 saturated carbocycles. The van der Waals surface area contributed by atoms with E-state index >= 15 is 0 Å². The van der Waals surface area contributed by atoms with E-state index in [0.717, 1.165) is 25.7 Å². The van der Waals surface area contributed by atoms with Crippen LogP contribution in [0.5, 0.6) is 0 Å². The summed E-state index contributed by atoms with van der Waals surface area (Å²) in [5.41, 5.74) is 1.06. The molecule has 11 heteroatoms. The minimum atomic E-state index is -4.45. The van der Waals surface area contributed by atoms with Crippen LogP contribution in [0, 0.1) is 17.7 Å². The smallest absolute Gasteiger partial charge is 0.389 e. The largest absolute Gasteiger partial charge is 0.456 e. The van der Waals surface area contributed by atoms with Crippen molar-refractivity contribution in [1.82, 2.24) is 15.6 Å². The molecule has 220 valence electrons. The summed E-state index contributed by atoms with van der Waals surface area (Å²) in [6.07, 6.45) is -2.55. The van der Waals surface area contributed by atoms with Crippen LogP contribution in [-0.4, -0.2) is 34.8 Å². The Hall–Kier alpha value is -3.83. The molecule has 7 rings (SSSR count). The maximum Gasteiger partial charge on any atom is 0.389 e.